The largest absolute Gasteiger partial charge is 0.454 e. The smallest absolute Gasteiger partial charge is 0.306 e. The first-order valence-electron chi connectivity index (χ1n) is 34.9. The van der Waals surface area contributed by atoms with Gasteiger partial charge in [-0.1, -0.05) is 279 Å². The van der Waals surface area contributed by atoms with Gasteiger partial charge in [0.2, 0.25) is 5.91 Å². The molecule has 0 aromatic carbocycles. The van der Waals surface area contributed by atoms with Gasteiger partial charge in [-0.2, -0.15) is 0 Å². The lowest BCUT2D eigenvalue weighted by Crippen LogP contribution is -2.61. The maximum atomic E-state index is 13.4. The summed E-state index contributed by atoms with van der Waals surface area (Å²) in [5.74, 6) is -1.21. The number of hydrogen-bond acceptors (Lipinski definition) is 10. The molecule has 11 heteroatoms. The zero-order valence-electron chi connectivity index (χ0n) is 54.0. The van der Waals surface area contributed by atoms with Crippen LogP contribution in [0.5, 0.6) is 0 Å². The highest BCUT2D eigenvalue weighted by atomic mass is 16.7. The number of carbonyl (C=O) groups excluding carboxylic acids is 2. The molecule has 84 heavy (non-hydrogen) atoms. The maximum absolute atomic E-state index is 13.4. The summed E-state index contributed by atoms with van der Waals surface area (Å²) >= 11 is 0. The predicted molar refractivity (Wildman–Crippen MR) is 352 cm³/mol. The molecule has 0 aromatic heterocycles. The number of unbranched alkanes of at least 4 members (excludes halogenated alkanes) is 33. The van der Waals surface area contributed by atoms with E-state index in [4.69, 9.17) is 14.2 Å². The molecule has 1 fully saturated rings. The van der Waals surface area contributed by atoms with E-state index in [-0.39, 0.29) is 19.4 Å². The van der Waals surface area contributed by atoms with Crippen LogP contribution in [0.3, 0.4) is 0 Å². The third-order valence-corrected chi connectivity index (χ3v) is 16.0. The van der Waals surface area contributed by atoms with Gasteiger partial charge in [-0.15, -0.1) is 0 Å². The highest BCUT2D eigenvalue weighted by Gasteiger charge is 2.47. The van der Waals surface area contributed by atoms with Gasteiger partial charge in [0, 0.05) is 6.42 Å². The predicted octanol–water partition coefficient (Wildman–Crippen LogP) is 17.7. The zero-order valence-corrected chi connectivity index (χ0v) is 54.0. The summed E-state index contributed by atoms with van der Waals surface area (Å²) in [4.78, 5) is 26.6. The summed E-state index contributed by atoms with van der Waals surface area (Å²) in [6.45, 7) is 5.74. The van der Waals surface area contributed by atoms with Crippen molar-refractivity contribution in [3.8, 4) is 0 Å². The maximum Gasteiger partial charge on any atom is 0.306 e. The number of carbonyl (C=O) groups is 2. The molecule has 0 radical (unpaired) electrons. The van der Waals surface area contributed by atoms with E-state index in [1.54, 1.807) is 6.08 Å². The van der Waals surface area contributed by atoms with Crippen LogP contribution in [0.1, 0.15) is 303 Å². The number of esters is 1. The molecule has 11 nitrogen and oxygen atoms in total. The van der Waals surface area contributed by atoms with Crippen LogP contribution in [0.2, 0.25) is 0 Å². The molecule has 0 aromatic rings. The van der Waals surface area contributed by atoms with Crippen LogP contribution < -0.4 is 5.32 Å². The van der Waals surface area contributed by atoms with Gasteiger partial charge in [0.05, 0.1) is 25.4 Å². The lowest BCUT2D eigenvalue weighted by atomic mass is 9.99. The van der Waals surface area contributed by atoms with Crippen LogP contribution in [0.15, 0.2) is 85.1 Å². The Labute approximate surface area is 514 Å². The average Bonchev–Trinajstić information content (AvgIpc) is 3.69. The Hall–Kier alpha value is -3.16. The first-order chi connectivity index (χ1) is 41.2. The molecule has 1 saturated heterocycles. The zero-order chi connectivity index (χ0) is 61.0. The average molecular weight is 1180 g/mol. The summed E-state index contributed by atoms with van der Waals surface area (Å²) in [7, 11) is 0. The molecular formula is C73H129NO10. The molecule has 8 atom stereocenters. The molecule has 8 unspecified atom stereocenters. The molecule has 1 rings (SSSR count). The fraction of sp³-hybridized carbons (Fsp3) is 0.781. The molecule has 0 aliphatic carbocycles. The van der Waals surface area contributed by atoms with Gasteiger partial charge in [-0.3, -0.25) is 9.59 Å². The first kappa shape index (κ1) is 78.9. The minimum Gasteiger partial charge on any atom is -0.454 e. The Balaban J connectivity index is 2.56. The fourth-order valence-corrected chi connectivity index (χ4v) is 10.5. The van der Waals surface area contributed by atoms with Gasteiger partial charge < -0.3 is 45.1 Å². The topological polar surface area (TPSA) is 175 Å². The van der Waals surface area contributed by atoms with Gasteiger partial charge >= 0.3 is 5.97 Å². The number of amides is 1. The van der Waals surface area contributed by atoms with Crippen molar-refractivity contribution < 1.29 is 49.3 Å². The minimum atomic E-state index is -1.62. The van der Waals surface area contributed by atoms with Crippen molar-refractivity contribution in [1.82, 2.24) is 5.32 Å². The van der Waals surface area contributed by atoms with E-state index in [2.05, 4.69) is 99.0 Å². The Bertz CT molecular complexity index is 1690. The van der Waals surface area contributed by atoms with Gasteiger partial charge in [0.1, 0.15) is 24.4 Å². The second kappa shape index (κ2) is 60.1. The quantitative estimate of drug-likeness (QED) is 0.0195. The Kier molecular flexibility index (Phi) is 56.5. The molecule has 0 spiro atoms. The van der Waals surface area contributed by atoms with Crippen LogP contribution in [0.25, 0.3) is 0 Å². The molecule has 6 N–H and O–H groups in total. The van der Waals surface area contributed by atoms with Crippen LogP contribution in [-0.4, -0.2) is 99.6 Å². The van der Waals surface area contributed by atoms with Crippen LogP contribution >= 0.6 is 0 Å². The normalized spacial score (nSPS) is 19.0. The summed E-state index contributed by atoms with van der Waals surface area (Å²) < 4.78 is 17.7. The number of ether oxygens (including phenoxy) is 3. The van der Waals surface area contributed by atoms with E-state index >= 15 is 0 Å². The molecule has 1 heterocycles. The molecular weight excluding hydrogens is 1050 g/mol. The molecule has 1 amide bonds. The van der Waals surface area contributed by atoms with E-state index in [0.717, 1.165) is 89.9 Å². The fourth-order valence-electron chi connectivity index (χ4n) is 10.5. The van der Waals surface area contributed by atoms with Crippen molar-refractivity contribution in [2.24, 2.45) is 0 Å². The summed E-state index contributed by atoms with van der Waals surface area (Å²) in [6.07, 6.45) is 69.1. The van der Waals surface area contributed by atoms with Gasteiger partial charge in [0.25, 0.3) is 0 Å². The summed E-state index contributed by atoms with van der Waals surface area (Å²) in [5, 5.41) is 57.1. The van der Waals surface area contributed by atoms with E-state index in [0.29, 0.717) is 12.8 Å². The SMILES string of the molecule is CCCCC/C=C\C/C=C\C/C=C\CCCCCCCCCCCCCCCCC(=O)OC1C(OCC(NC(=O)C(O)CCCCC/C=C\C/C=C\C/C=C\CCCCC)C(O)/C=C/CCCCCCCCCCCC)OC(CO)C(O)C1O. The molecule has 486 valence electrons. The number of allylic oxidation sites excluding steroid dienone is 13. The Morgan fingerprint density at radius 1 is 0.464 bits per heavy atom. The summed E-state index contributed by atoms with van der Waals surface area (Å²) in [6, 6.07) is -1.04. The number of hydrogen-bond donors (Lipinski definition) is 6. The second-order valence-electron chi connectivity index (χ2n) is 23.9. The van der Waals surface area contributed by atoms with Crippen molar-refractivity contribution in [2.45, 2.75) is 352 Å². The van der Waals surface area contributed by atoms with Gasteiger partial charge in [-0.05, 0) is 103 Å². The van der Waals surface area contributed by atoms with Crippen molar-refractivity contribution >= 4 is 11.9 Å². The number of aliphatic hydroxyl groups excluding tert-OH is 5. The lowest BCUT2D eigenvalue weighted by molar-refractivity contribution is -0.305. The van der Waals surface area contributed by atoms with Gasteiger partial charge in [0.15, 0.2) is 12.4 Å². The molecule has 0 saturated carbocycles. The Morgan fingerprint density at radius 3 is 1.25 bits per heavy atom. The third kappa shape index (κ3) is 47.0. The van der Waals surface area contributed by atoms with E-state index in [1.165, 1.54) is 167 Å². The Morgan fingerprint density at radius 2 is 0.821 bits per heavy atom. The van der Waals surface area contributed by atoms with Gasteiger partial charge in [-0.25, -0.2) is 0 Å². The highest BCUT2D eigenvalue weighted by Crippen LogP contribution is 2.26. The lowest BCUT2D eigenvalue weighted by Gasteiger charge is -2.41. The van der Waals surface area contributed by atoms with Crippen LogP contribution in [0.4, 0.5) is 0 Å². The van der Waals surface area contributed by atoms with Crippen LogP contribution in [-0.2, 0) is 23.8 Å². The van der Waals surface area contributed by atoms with E-state index < -0.39 is 67.4 Å². The standard InChI is InChI=1S/C73H129NO10/c1-4-7-10-13-16-19-22-25-27-29-30-31-32-33-34-35-36-37-38-39-41-43-46-49-52-55-58-61-68(78)84-71-70(80)69(79)67(62-75)83-73(71)82-63-64(65(76)59-56-53-50-47-44-24-21-18-15-12-9-6-3)74-72(81)66(77)60-57-54-51-48-45-42-40-28-26-23-20-17-14-11-8-5-2/h16-17,19-20,25-28,30-31,42,45,56,59,64-67,69-71,73,75-77,79-80H,4-15,18,21-24,29,32-41,43-44,46-55,57-58,60-63H2,1-3H3,(H,74,81)/b19-16-,20-17-,27-25-,28-26-,31-30-,45-42-,59-56+. The first-order valence-corrected chi connectivity index (χ1v) is 34.9. The van der Waals surface area contributed by atoms with Crippen molar-refractivity contribution in [3.05, 3.63) is 85.1 Å². The number of nitrogens with one attached hydrogen (secondary N) is 1. The second-order valence-corrected chi connectivity index (χ2v) is 23.9. The van der Waals surface area contributed by atoms with Crippen molar-refractivity contribution in [1.29, 1.82) is 0 Å². The summed E-state index contributed by atoms with van der Waals surface area (Å²) in [5.41, 5.74) is 0. The number of rotatable bonds is 59. The number of aliphatic hydroxyl groups is 5. The minimum absolute atomic E-state index is 0.117. The third-order valence-electron chi connectivity index (χ3n) is 16.0. The monoisotopic (exact) mass is 1180 g/mol. The van der Waals surface area contributed by atoms with Crippen molar-refractivity contribution in [2.75, 3.05) is 13.2 Å². The molecule has 0 bridgehead atoms. The van der Waals surface area contributed by atoms with Crippen molar-refractivity contribution in [3.63, 3.8) is 0 Å². The molecule has 1 aliphatic rings. The molecule has 1 aliphatic heterocycles. The van der Waals surface area contributed by atoms with E-state index in [1.807, 2.05) is 6.08 Å². The van der Waals surface area contributed by atoms with Crippen LogP contribution in [0, 0.1) is 0 Å². The van der Waals surface area contributed by atoms with E-state index in [9.17, 15) is 35.1 Å². The highest BCUT2D eigenvalue weighted by molar-refractivity contribution is 5.80.